The molecular weight excluding hydrogens is 204 g/mol. The number of furan rings is 1. The normalized spacial score (nSPS) is 12.9. The van der Waals surface area contributed by atoms with E-state index in [0.29, 0.717) is 12.4 Å². The van der Waals surface area contributed by atoms with Crippen molar-refractivity contribution in [1.82, 2.24) is 0 Å². The maximum Gasteiger partial charge on any atom is 0.134 e. The number of rotatable bonds is 4. The number of ether oxygens (including phenoxy) is 1. The first-order valence-corrected chi connectivity index (χ1v) is 5.55. The molecule has 1 atom stereocenters. The van der Waals surface area contributed by atoms with Gasteiger partial charge in [0.2, 0.25) is 0 Å². The lowest BCUT2D eigenvalue weighted by atomic mass is 10.2. The smallest absolute Gasteiger partial charge is 0.134 e. The molecule has 1 aromatic heterocycles. The first-order valence-electron chi connectivity index (χ1n) is 5.55. The molecule has 0 radical (unpaired) electrons. The van der Waals surface area contributed by atoms with Crippen LogP contribution in [0.2, 0.25) is 0 Å². The highest BCUT2D eigenvalue weighted by atomic mass is 16.5. The van der Waals surface area contributed by atoms with E-state index >= 15 is 0 Å². The van der Waals surface area contributed by atoms with Crippen LogP contribution in [-0.4, -0.2) is 11.7 Å². The van der Waals surface area contributed by atoms with Crippen LogP contribution in [0.25, 0.3) is 11.0 Å². The van der Waals surface area contributed by atoms with Crippen LogP contribution in [0.5, 0.6) is 5.75 Å². The molecule has 2 rings (SSSR count). The van der Waals surface area contributed by atoms with Gasteiger partial charge in [-0.05, 0) is 37.6 Å². The summed E-state index contributed by atoms with van der Waals surface area (Å²) < 4.78 is 11.0. The Morgan fingerprint density at radius 3 is 2.88 bits per heavy atom. The van der Waals surface area contributed by atoms with Crippen LogP contribution in [0.4, 0.5) is 0 Å². The largest absolute Gasteiger partial charge is 0.494 e. The number of hydrogen-bond acceptors (Lipinski definition) is 3. The Morgan fingerprint density at radius 1 is 1.38 bits per heavy atom. The van der Waals surface area contributed by atoms with E-state index in [4.69, 9.17) is 9.15 Å². The van der Waals surface area contributed by atoms with E-state index in [2.05, 4.69) is 6.92 Å². The average Bonchev–Trinajstić information content (AvgIpc) is 2.69. The molecule has 0 bridgehead atoms. The molecule has 0 aliphatic carbocycles. The van der Waals surface area contributed by atoms with Crippen LogP contribution in [0, 0.1) is 0 Å². The number of aliphatic hydroxyl groups is 1. The minimum absolute atomic E-state index is 0.576. The van der Waals surface area contributed by atoms with E-state index in [9.17, 15) is 5.11 Å². The molecule has 1 N–H and O–H groups in total. The van der Waals surface area contributed by atoms with E-state index in [1.807, 2.05) is 24.3 Å². The first-order chi connectivity index (χ1) is 7.70. The van der Waals surface area contributed by atoms with Gasteiger partial charge in [0.25, 0.3) is 0 Å². The van der Waals surface area contributed by atoms with Crippen molar-refractivity contribution in [2.75, 3.05) is 6.61 Å². The van der Waals surface area contributed by atoms with Crippen molar-refractivity contribution in [3.8, 4) is 5.75 Å². The second-order valence-corrected chi connectivity index (χ2v) is 3.87. The van der Waals surface area contributed by atoms with Gasteiger partial charge in [-0.15, -0.1) is 0 Å². The topological polar surface area (TPSA) is 42.6 Å². The van der Waals surface area contributed by atoms with Crippen molar-refractivity contribution in [2.24, 2.45) is 0 Å². The van der Waals surface area contributed by atoms with Crippen molar-refractivity contribution >= 4 is 11.0 Å². The summed E-state index contributed by atoms with van der Waals surface area (Å²) in [7, 11) is 0. The van der Waals surface area contributed by atoms with E-state index in [0.717, 1.165) is 23.1 Å². The van der Waals surface area contributed by atoms with E-state index < -0.39 is 6.10 Å². The highest BCUT2D eigenvalue weighted by Crippen LogP contribution is 2.27. The molecule has 0 aliphatic rings. The summed E-state index contributed by atoms with van der Waals surface area (Å²) in [4.78, 5) is 0. The van der Waals surface area contributed by atoms with Crippen LogP contribution < -0.4 is 4.74 Å². The van der Waals surface area contributed by atoms with Crippen molar-refractivity contribution in [1.29, 1.82) is 0 Å². The fourth-order valence-corrected chi connectivity index (χ4v) is 1.56. The zero-order chi connectivity index (χ0) is 11.5. The van der Waals surface area contributed by atoms with Crippen molar-refractivity contribution < 1.29 is 14.3 Å². The lowest BCUT2D eigenvalue weighted by molar-refractivity contribution is 0.172. The highest BCUT2D eigenvalue weighted by Gasteiger charge is 2.08. The fourth-order valence-electron chi connectivity index (χ4n) is 1.56. The zero-order valence-electron chi connectivity index (χ0n) is 9.56. The highest BCUT2D eigenvalue weighted by molar-refractivity contribution is 5.79. The van der Waals surface area contributed by atoms with E-state index in [-0.39, 0.29) is 0 Å². The van der Waals surface area contributed by atoms with Gasteiger partial charge in [0, 0.05) is 5.39 Å². The molecule has 0 saturated heterocycles. The molecule has 0 aliphatic heterocycles. The fraction of sp³-hybridized carbons (Fsp3) is 0.385. The average molecular weight is 220 g/mol. The van der Waals surface area contributed by atoms with Crippen molar-refractivity contribution in [2.45, 2.75) is 26.4 Å². The van der Waals surface area contributed by atoms with Crippen LogP contribution in [0.15, 0.2) is 28.7 Å². The third-order valence-corrected chi connectivity index (χ3v) is 2.39. The second kappa shape index (κ2) is 4.58. The Morgan fingerprint density at radius 2 is 2.19 bits per heavy atom. The third kappa shape index (κ3) is 2.19. The van der Waals surface area contributed by atoms with Crippen LogP contribution >= 0.6 is 0 Å². The minimum atomic E-state index is -0.576. The summed E-state index contributed by atoms with van der Waals surface area (Å²) in [5.41, 5.74) is 0.778. The Balaban J connectivity index is 2.30. The number of fused-ring (bicyclic) bond motifs is 1. The molecule has 0 spiro atoms. The molecule has 0 saturated carbocycles. The number of aliphatic hydroxyl groups excluding tert-OH is 1. The lowest BCUT2D eigenvalue weighted by Gasteiger charge is -2.02. The molecule has 2 aromatic rings. The first kappa shape index (κ1) is 11.0. The van der Waals surface area contributed by atoms with Crippen LogP contribution in [0.1, 0.15) is 32.1 Å². The van der Waals surface area contributed by atoms with Gasteiger partial charge in [-0.25, -0.2) is 0 Å². The Labute approximate surface area is 94.6 Å². The minimum Gasteiger partial charge on any atom is -0.494 e. The van der Waals surface area contributed by atoms with Gasteiger partial charge in [0.15, 0.2) is 0 Å². The summed E-state index contributed by atoms with van der Waals surface area (Å²) in [5.74, 6) is 1.43. The maximum absolute atomic E-state index is 9.41. The molecule has 86 valence electrons. The number of hydrogen-bond donors (Lipinski definition) is 1. The SMILES string of the molecule is CCCOc1ccc2oc(C(C)O)cc2c1. The molecule has 3 heteroatoms. The van der Waals surface area contributed by atoms with Crippen LogP contribution in [0.3, 0.4) is 0 Å². The van der Waals surface area contributed by atoms with E-state index in [1.165, 1.54) is 0 Å². The third-order valence-electron chi connectivity index (χ3n) is 2.39. The summed E-state index contributed by atoms with van der Waals surface area (Å²) >= 11 is 0. The summed E-state index contributed by atoms with van der Waals surface area (Å²) in [6.07, 6.45) is 0.412. The maximum atomic E-state index is 9.41. The molecule has 1 aromatic carbocycles. The summed E-state index contributed by atoms with van der Waals surface area (Å²) in [6, 6.07) is 7.53. The summed E-state index contributed by atoms with van der Waals surface area (Å²) in [5, 5.41) is 10.4. The molecule has 0 amide bonds. The van der Waals surface area contributed by atoms with Gasteiger partial charge in [-0.3, -0.25) is 0 Å². The Kier molecular flexibility index (Phi) is 3.15. The Hall–Kier alpha value is -1.48. The molecule has 3 nitrogen and oxygen atoms in total. The molecular formula is C13H16O3. The van der Waals surface area contributed by atoms with Gasteiger partial charge in [-0.2, -0.15) is 0 Å². The van der Waals surface area contributed by atoms with Crippen LogP contribution in [-0.2, 0) is 0 Å². The van der Waals surface area contributed by atoms with Gasteiger partial charge in [0.05, 0.1) is 6.61 Å². The van der Waals surface area contributed by atoms with Gasteiger partial charge in [0.1, 0.15) is 23.2 Å². The standard InChI is InChI=1S/C13H16O3/c1-3-6-15-11-4-5-12-10(7-11)8-13(16-12)9(2)14/h4-5,7-9,14H,3,6H2,1-2H3. The monoisotopic (exact) mass is 220 g/mol. The Bertz CT molecular complexity index is 471. The quantitative estimate of drug-likeness (QED) is 0.859. The van der Waals surface area contributed by atoms with Gasteiger partial charge in [-0.1, -0.05) is 6.92 Å². The molecule has 1 unspecified atom stereocenters. The predicted molar refractivity (Wildman–Crippen MR) is 62.6 cm³/mol. The van der Waals surface area contributed by atoms with Crippen molar-refractivity contribution in [3.05, 3.63) is 30.0 Å². The summed E-state index contributed by atoms with van der Waals surface area (Å²) in [6.45, 7) is 4.47. The molecule has 16 heavy (non-hydrogen) atoms. The second-order valence-electron chi connectivity index (χ2n) is 3.87. The zero-order valence-corrected chi connectivity index (χ0v) is 9.56. The predicted octanol–water partition coefficient (Wildman–Crippen LogP) is 3.27. The molecule has 0 fully saturated rings. The van der Waals surface area contributed by atoms with Gasteiger partial charge >= 0.3 is 0 Å². The van der Waals surface area contributed by atoms with E-state index in [1.54, 1.807) is 6.92 Å². The lowest BCUT2D eigenvalue weighted by Crippen LogP contribution is -1.93. The number of benzene rings is 1. The molecule has 1 heterocycles. The van der Waals surface area contributed by atoms with Crippen molar-refractivity contribution in [3.63, 3.8) is 0 Å². The van der Waals surface area contributed by atoms with Gasteiger partial charge < -0.3 is 14.3 Å².